The third-order valence-electron chi connectivity index (χ3n) is 6.89. The van der Waals surface area contributed by atoms with Gasteiger partial charge in [-0.2, -0.15) is 18.3 Å². The Morgan fingerprint density at radius 3 is 2.20 bits per heavy atom. The van der Waals surface area contributed by atoms with Crippen LogP contribution in [0, 0.1) is 5.92 Å². The fourth-order valence-electron chi connectivity index (χ4n) is 4.74. The number of aliphatic carboxylic acids is 1. The van der Waals surface area contributed by atoms with Gasteiger partial charge in [-0.25, -0.2) is 0 Å². The average molecular weight is 544 g/mol. The summed E-state index contributed by atoms with van der Waals surface area (Å²) >= 11 is 0. The lowest BCUT2D eigenvalue weighted by Crippen LogP contribution is -2.12. The molecule has 204 valence electrons. The first-order valence-electron chi connectivity index (χ1n) is 12.9. The van der Waals surface area contributed by atoms with Crippen molar-refractivity contribution in [3.8, 4) is 11.3 Å². The first-order chi connectivity index (χ1) is 19.2. The van der Waals surface area contributed by atoms with E-state index in [2.05, 4.69) is 10.4 Å². The van der Waals surface area contributed by atoms with Gasteiger partial charge in [-0.05, 0) is 41.3 Å². The van der Waals surface area contributed by atoms with Crippen LogP contribution in [0.2, 0.25) is 0 Å². The highest BCUT2D eigenvalue weighted by atomic mass is 19.4. The summed E-state index contributed by atoms with van der Waals surface area (Å²) in [4.78, 5) is 11.1. The van der Waals surface area contributed by atoms with Gasteiger partial charge in [-0.15, -0.1) is 0 Å². The van der Waals surface area contributed by atoms with Gasteiger partial charge < -0.3 is 10.4 Å². The third kappa shape index (κ3) is 6.01. The van der Waals surface area contributed by atoms with Crippen molar-refractivity contribution in [2.45, 2.75) is 32.6 Å². The summed E-state index contributed by atoms with van der Waals surface area (Å²) < 4.78 is 43.0. The molecule has 0 aliphatic rings. The molecule has 0 fully saturated rings. The molecule has 0 amide bonds. The number of hydrogen-bond acceptors (Lipinski definition) is 3. The molecular formula is C32H28F3N3O2. The van der Waals surface area contributed by atoms with Gasteiger partial charge in [0.2, 0.25) is 0 Å². The lowest BCUT2D eigenvalue weighted by Gasteiger charge is -2.11. The maximum Gasteiger partial charge on any atom is 0.418 e. The Kier molecular flexibility index (Phi) is 7.60. The van der Waals surface area contributed by atoms with Crippen LogP contribution in [0.4, 0.5) is 18.9 Å². The van der Waals surface area contributed by atoms with Gasteiger partial charge in [0.05, 0.1) is 23.7 Å². The standard InChI is InChI=1S/C32H28F3N3O2/c1-21(31(39)40)18-22-10-12-23(13-11-22)19-36-26-16-14-25(15-17-26)30-27-8-5-9-28(32(33,34)35)29(27)37-38(30)20-24-6-3-2-4-7-24/h2-17,21,36H,18-20H2,1H3,(H,39,40). The predicted molar refractivity (Wildman–Crippen MR) is 150 cm³/mol. The maximum absolute atomic E-state index is 13.8. The van der Waals surface area contributed by atoms with Gasteiger partial charge in [-0.3, -0.25) is 9.48 Å². The Bertz CT molecular complexity index is 1610. The van der Waals surface area contributed by atoms with Crippen LogP contribution in [-0.2, 0) is 30.5 Å². The Morgan fingerprint density at radius 1 is 0.875 bits per heavy atom. The van der Waals surface area contributed by atoms with E-state index >= 15 is 0 Å². The van der Waals surface area contributed by atoms with E-state index in [0.29, 0.717) is 30.6 Å². The van der Waals surface area contributed by atoms with Crippen LogP contribution in [0.5, 0.6) is 0 Å². The number of anilines is 1. The Labute approximate surface area is 229 Å². The summed E-state index contributed by atoms with van der Waals surface area (Å²) in [6, 6.07) is 29.1. The molecule has 0 bridgehead atoms. The molecule has 1 unspecified atom stereocenters. The molecule has 5 aromatic rings. The maximum atomic E-state index is 13.8. The van der Waals surface area contributed by atoms with Gasteiger partial charge in [0.15, 0.2) is 0 Å². The zero-order chi connectivity index (χ0) is 28.3. The molecule has 0 aliphatic carbocycles. The van der Waals surface area contributed by atoms with Gasteiger partial charge in [0.25, 0.3) is 0 Å². The van der Waals surface area contributed by atoms with E-state index < -0.39 is 23.6 Å². The minimum atomic E-state index is -4.51. The molecule has 5 nitrogen and oxygen atoms in total. The van der Waals surface area contributed by atoms with E-state index in [1.807, 2.05) is 78.9 Å². The van der Waals surface area contributed by atoms with E-state index in [4.69, 9.17) is 5.11 Å². The Balaban J connectivity index is 1.39. The lowest BCUT2D eigenvalue weighted by molar-refractivity contribution is -0.141. The van der Waals surface area contributed by atoms with E-state index in [0.717, 1.165) is 34.0 Å². The number of rotatable bonds is 9. The number of carbonyl (C=O) groups is 1. The molecule has 2 N–H and O–H groups in total. The highest BCUT2D eigenvalue weighted by Crippen LogP contribution is 2.38. The van der Waals surface area contributed by atoms with Gasteiger partial charge in [0.1, 0.15) is 5.52 Å². The topological polar surface area (TPSA) is 67.2 Å². The van der Waals surface area contributed by atoms with Crippen molar-refractivity contribution in [1.29, 1.82) is 0 Å². The van der Waals surface area contributed by atoms with Crippen molar-refractivity contribution in [3.63, 3.8) is 0 Å². The van der Waals surface area contributed by atoms with Gasteiger partial charge in [0, 0.05) is 23.2 Å². The average Bonchev–Trinajstić information content (AvgIpc) is 3.30. The van der Waals surface area contributed by atoms with Crippen LogP contribution in [0.1, 0.15) is 29.2 Å². The van der Waals surface area contributed by atoms with Crippen LogP contribution >= 0.6 is 0 Å². The molecule has 4 aromatic carbocycles. The largest absolute Gasteiger partial charge is 0.481 e. The lowest BCUT2D eigenvalue weighted by atomic mass is 10.0. The van der Waals surface area contributed by atoms with Crippen LogP contribution in [0.3, 0.4) is 0 Å². The van der Waals surface area contributed by atoms with Crippen LogP contribution in [0.25, 0.3) is 22.2 Å². The van der Waals surface area contributed by atoms with Crippen LogP contribution in [0.15, 0.2) is 97.1 Å². The quantitative estimate of drug-likeness (QED) is 0.200. The van der Waals surface area contributed by atoms with Crippen LogP contribution in [-0.4, -0.2) is 20.9 Å². The van der Waals surface area contributed by atoms with Crippen molar-refractivity contribution in [1.82, 2.24) is 9.78 Å². The molecule has 0 spiro atoms. The van der Waals surface area contributed by atoms with Crippen molar-refractivity contribution in [2.24, 2.45) is 5.92 Å². The van der Waals surface area contributed by atoms with Crippen molar-refractivity contribution in [3.05, 3.63) is 119 Å². The van der Waals surface area contributed by atoms with E-state index in [9.17, 15) is 18.0 Å². The summed E-state index contributed by atoms with van der Waals surface area (Å²) in [5, 5.41) is 17.4. The zero-order valence-electron chi connectivity index (χ0n) is 21.8. The Hall–Kier alpha value is -4.59. The number of fused-ring (bicyclic) bond motifs is 1. The van der Waals surface area contributed by atoms with Crippen molar-refractivity contribution >= 4 is 22.6 Å². The summed E-state index contributed by atoms with van der Waals surface area (Å²) in [5.41, 5.74) is 4.39. The molecule has 1 aromatic heterocycles. The van der Waals surface area contributed by atoms with Crippen molar-refractivity contribution < 1.29 is 23.1 Å². The van der Waals surface area contributed by atoms with Crippen molar-refractivity contribution in [2.75, 3.05) is 5.32 Å². The molecule has 1 heterocycles. The first kappa shape index (κ1) is 27.0. The second kappa shape index (κ2) is 11.3. The molecule has 0 radical (unpaired) electrons. The number of carboxylic acids is 1. The number of alkyl halides is 3. The predicted octanol–water partition coefficient (Wildman–Crippen LogP) is 7.65. The fourth-order valence-corrected chi connectivity index (χ4v) is 4.74. The number of benzene rings is 4. The van der Waals surface area contributed by atoms with Crippen LogP contribution < -0.4 is 5.32 Å². The minimum Gasteiger partial charge on any atom is -0.481 e. The summed E-state index contributed by atoms with van der Waals surface area (Å²) in [7, 11) is 0. The van der Waals surface area contributed by atoms with E-state index in [1.165, 1.54) is 6.07 Å². The zero-order valence-corrected chi connectivity index (χ0v) is 21.8. The van der Waals surface area contributed by atoms with E-state index in [1.54, 1.807) is 17.7 Å². The first-order valence-corrected chi connectivity index (χ1v) is 12.9. The number of hydrogen-bond donors (Lipinski definition) is 2. The molecular weight excluding hydrogens is 515 g/mol. The highest BCUT2D eigenvalue weighted by Gasteiger charge is 2.34. The fraction of sp³-hybridized carbons (Fsp3) is 0.188. The molecule has 0 aliphatic heterocycles. The number of nitrogens with zero attached hydrogens (tertiary/aromatic N) is 2. The summed E-state index contributed by atoms with van der Waals surface area (Å²) in [5.74, 6) is -1.25. The van der Waals surface area contributed by atoms with Gasteiger partial charge >= 0.3 is 12.1 Å². The minimum absolute atomic E-state index is 0.0654. The highest BCUT2D eigenvalue weighted by molar-refractivity contribution is 5.95. The number of nitrogens with one attached hydrogen (secondary N) is 1. The molecule has 1 atom stereocenters. The van der Waals surface area contributed by atoms with E-state index in [-0.39, 0.29) is 5.52 Å². The Morgan fingerprint density at radius 2 is 1.55 bits per heavy atom. The monoisotopic (exact) mass is 543 g/mol. The summed E-state index contributed by atoms with van der Waals surface area (Å²) in [6.45, 7) is 2.59. The number of carboxylic acid groups (broad SMARTS) is 1. The second-order valence-electron chi connectivity index (χ2n) is 9.88. The summed E-state index contributed by atoms with van der Waals surface area (Å²) in [6.07, 6.45) is -4.03. The third-order valence-corrected chi connectivity index (χ3v) is 6.89. The molecule has 5 rings (SSSR count). The second-order valence-corrected chi connectivity index (χ2v) is 9.88. The molecule has 40 heavy (non-hydrogen) atoms. The normalized spacial score (nSPS) is 12.4. The molecule has 8 heteroatoms. The SMILES string of the molecule is CC(Cc1ccc(CNc2ccc(-c3c4cccc(C(F)(F)F)c4nn3Cc3ccccc3)cc2)cc1)C(=O)O. The van der Waals surface area contributed by atoms with Gasteiger partial charge in [-0.1, -0.05) is 85.8 Å². The number of aromatic nitrogens is 2. The number of halogens is 3. The molecule has 0 saturated heterocycles. The smallest absolute Gasteiger partial charge is 0.418 e. The molecule has 0 saturated carbocycles.